The fraction of sp³-hybridized carbons (Fsp3) is 0. The van der Waals surface area contributed by atoms with Gasteiger partial charge in [-0.25, -0.2) is 4.79 Å². The molecule has 0 atom stereocenters. The van der Waals surface area contributed by atoms with E-state index >= 15 is 0 Å². The summed E-state index contributed by atoms with van der Waals surface area (Å²) in [6.07, 6.45) is 2.09. The molecule has 0 aliphatic heterocycles. The van der Waals surface area contributed by atoms with E-state index in [1.54, 1.807) is 54.6 Å². The Balaban J connectivity index is 2.21. The number of nitro groups is 1. The quantitative estimate of drug-likeness (QED) is 0.370. The summed E-state index contributed by atoms with van der Waals surface area (Å²) in [6.45, 7) is 0. The minimum atomic E-state index is -0.574. The van der Waals surface area contributed by atoms with Crippen molar-refractivity contribution >= 4 is 12.0 Å². The molecule has 5 heteroatoms. The van der Waals surface area contributed by atoms with Gasteiger partial charge in [0, 0.05) is 11.6 Å². The highest BCUT2D eigenvalue weighted by Gasteiger charge is 2.10. The van der Waals surface area contributed by atoms with E-state index in [1.807, 2.05) is 0 Å². The molecule has 5 nitrogen and oxygen atoms in total. The molecule has 0 fully saturated rings. The Kier molecular flexibility index (Phi) is 4.24. The lowest BCUT2D eigenvalue weighted by molar-refractivity contribution is -0.400. The summed E-state index contributed by atoms with van der Waals surface area (Å²) in [7, 11) is 0. The topological polar surface area (TPSA) is 69.4 Å². The fourth-order valence-corrected chi connectivity index (χ4v) is 1.59. The maximum Gasteiger partial charge on any atom is 0.343 e. The number of benzene rings is 2. The minimum Gasteiger partial charge on any atom is -0.422 e. The lowest BCUT2D eigenvalue weighted by Gasteiger charge is -2.06. The predicted octanol–water partition coefficient (Wildman–Crippen LogP) is 3.15. The van der Waals surface area contributed by atoms with Gasteiger partial charge in [0.15, 0.2) is 0 Å². The van der Waals surface area contributed by atoms with Gasteiger partial charge in [0.1, 0.15) is 5.75 Å². The minimum absolute atomic E-state index is 0.277. The molecule has 2 rings (SSSR count). The van der Waals surface area contributed by atoms with E-state index in [4.69, 9.17) is 4.74 Å². The van der Waals surface area contributed by atoms with Gasteiger partial charge in [-0.2, -0.15) is 0 Å². The Morgan fingerprint density at radius 2 is 1.70 bits per heavy atom. The second-order valence-electron chi connectivity index (χ2n) is 3.89. The Bertz CT molecular complexity index is 650. The number of hydrogen-bond donors (Lipinski definition) is 0. The number of rotatable bonds is 4. The summed E-state index contributed by atoms with van der Waals surface area (Å²) < 4.78 is 5.25. The predicted molar refractivity (Wildman–Crippen MR) is 73.9 cm³/mol. The summed E-state index contributed by atoms with van der Waals surface area (Å²) in [6, 6.07) is 15.1. The Morgan fingerprint density at radius 3 is 2.40 bits per heavy atom. The summed E-state index contributed by atoms with van der Waals surface area (Å²) in [5.41, 5.74) is 0.883. The van der Waals surface area contributed by atoms with E-state index in [-0.39, 0.29) is 5.75 Å². The number of para-hydroxylation sites is 1. The molecule has 0 N–H and O–H groups in total. The molecule has 0 bridgehead atoms. The van der Waals surface area contributed by atoms with E-state index in [2.05, 4.69) is 0 Å². The average molecular weight is 269 g/mol. The zero-order chi connectivity index (χ0) is 14.4. The molecule has 100 valence electrons. The second kappa shape index (κ2) is 6.29. The largest absolute Gasteiger partial charge is 0.422 e. The van der Waals surface area contributed by atoms with Gasteiger partial charge in [-0.1, -0.05) is 36.4 Å². The van der Waals surface area contributed by atoms with Crippen molar-refractivity contribution in [2.75, 3.05) is 0 Å². The zero-order valence-electron chi connectivity index (χ0n) is 10.4. The van der Waals surface area contributed by atoms with Gasteiger partial charge < -0.3 is 4.74 Å². The number of esters is 1. The van der Waals surface area contributed by atoms with Crippen molar-refractivity contribution in [2.24, 2.45) is 0 Å². The maximum atomic E-state index is 11.9. The highest BCUT2D eigenvalue weighted by atomic mass is 16.6. The van der Waals surface area contributed by atoms with Gasteiger partial charge in [-0.05, 0) is 18.2 Å². The van der Waals surface area contributed by atoms with Crippen LogP contribution in [0.15, 0.2) is 60.8 Å². The zero-order valence-corrected chi connectivity index (χ0v) is 10.4. The average Bonchev–Trinajstić information content (AvgIpc) is 2.47. The van der Waals surface area contributed by atoms with Crippen molar-refractivity contribution < 1.29 is 14.5 Å². The standard InChI is InChI=1S/C15H11NO4/c17-15(13-7-2-1-3-8-13)20-14-9-5-4-6-12(14)10-11-16(18)19/h1-11H. The molecule has 0 aromatic heterocycles. The summed E-state index contributed by atoms with van der Waals surface area (Å²) >= 11 is 0. The highest BCUT2D eigenvalue weighted by molar-refractivity contribution is 5.91. The first-order valence-electron chi connectivity index (χ1n) is 5.85. The molecule has 0 saturated carbocycles. The molecule has 20 heavy (non-hydrogen) atoms. The molecule has 0 spiro atoms. The number of ether oxygens (including phenoxy) is 1. The maximum absolute atomic E-state index is 11.9. The summed E-state index contributed by atoms with van der Waals surface area (Å²) in [5, 5.41) is 10.3. The van der Waals surface area contributed by atoms with Crippen LogP contribution in [0, 0.1) is 10.1 Å². The number of hydrogen-bond acceptors (Lipinski definition) is 4. The van der Waals surface area contributed by atoms with Crippen LogP contribution in [0.4, 0.5) is 0 Å². The summed E-state index contributed by atoms with van der Waals surface area (Å²) in [4.78, 5) is 21.7. The van der Waals surface area contributed by atoms with Crippen molar-refractivity contribution in [3.8, 4) is 5.75 Å². The van der Waals surface area contributed by atoms with Gasteiger partial charge >= 0.3 is 5.97 Å². The van der Waals surface area contributed by atoms with Crippen LogP contribution in [0.2, 0.25) is 0 Å². The first kappa shape index (κ1) is 13.5. The van der Waals surface area contributed by atoms with E-state index in [1.165, 1.54) is 6.08 Å². The molecule has 2 aromatic carbocycles. The van der Waals surface area contributed by atoms with Crippen LogP contribution in [0.3, 0.4) is 0 Å². The first-order valence-corrected chi connectivity index (χ1v) is 5.85. The smallest absolute Gasteiger partial charge is 0.343 e. The van der Waals surface area contributed by atoms with Gasteiger partial charge in [0.25, 0.3) is 0 Å². The molecule has 0 unspecified atom stereocenters. The van der Waals surface area contributed by atoms with Crippen LogP contribution in [0.25, 0.3) is 6.08 Å². The van der Waals surface area contributed by atoms with Crippen LogP contribution in [-0.4, -0.2) is 10.9 Å². The molecule has 0 aliphatic rings. The van der Waals surface area contributed by atoms with Crippen LogP contribution in [-0.2, 0) is 0 Å². The van der Waals surface area contributed by atoms with E-state index in [0.717, 1.165) is 6.20 Å². The van der Waals surface area contributed by atoms with Crippen LogP contribution in [0.5, 0.6) is 5.75 Å². The number of carbonyl (C=O) groups excluding carboxylic acids is 1. The molecule has 0 radical (unpaired) electrons. The van der Waals surface area contributed by atoms with E-state index in [0.29, 0.717) is 11.1 Å². The second-order valence-corrected chi connectivity index (χ2v) is 3.89. The van der Waals surface area contributed by atoms with E-state index in [9.17, 15) is 14.9 Å². The summed E-state index contributed by atoms with van der Waals surface area (Å²) in [5.74, 6) is -0.230. The Hall–Kier alpha value is -2.95. The lowest BCUT2D eigenvalue weighted by atomic mass is 10.2. The first-order chi connectivity index (χ1) is 9.66. The third-order valence-corrected chi connectivity index (χ3v) is 2.51. The normalized spacial score (nSPS) is 10.4. The Morgan fingerprint density at radius 1 is 1.05 bits per heavy atom. The van der Waals surface area contributed by atoms with Crippen LogP contribution in [0.1, 0.15) is 15.9 Å². The lowest BCUT2D eigenvalue weighted by Crippen LogP contribution is -2.08. The van der Waals surface area contributed by atoms with Gasteiger partial charge in [-0.3, -0.25) is 10.1 Å². The molecule has 2 aromatic rings. The number of nitrogens with zero attached hydrogens (tertiary/aromatic N) is 1. The molecular formula is C15H11NO4. The molecular weight excluding hydrogens is 258 g/mol. The highest BCUT2D eigenvalue weighted by Crippen LogP contribution is 2.20. The number of carbonyl (C=O) groups is 1. The van der Waals surface area contributed by atoms with Crippen molar-refractivity contribution in [2.45, 2.75) is 0 Å². The molecule has 0 saturated heterocycles. The Labute approximate surface area is 115 Å². The van der Waals surface area contributed by atoms with Crippen molar-refractivity contribution in [3.63, 3.8) is 0 Å². The SMILES string of the molecule is O=C(Oc1ccccc1C=C[N+](=O)[O-])c1ccccc1. The molecule has 0 aliphatic carbocycles. The van der Waals surface area contributed by atoms with Crippen LogP contribution >= 0.6 is 0 Å². The third kappa shape index (κ3) is 3.52. The van der Waals surface area contributed by atoms with E-state index < -0.39 is 10.9 Å². The van der Waals surface area contributed by atoms with Crippen molar-refractivity contribution in [3.05, 3.63) is 82.0 Å². The van der Waals surface area contributed by atoms with Crippen molar-refractivity contribution in [1.29, 1.82) is 0 Å². The third-order valence-electron chi connectivity index (χ3n) is 2.51. The van der Waals surface area contributed by atoms with Crippen LogP contribution < -0.4 is 4.74 Å². The van der Waals surface area contributed by atoms with Gasteiger partial charge in [-0.15, -0.1) is 0 Å². The van der Waals surface area contributed by atoms with Gasteiger partial charge in [0.05, 0.1) is 10.5 Å². The van der Waals surface area contributed by atoms with Gasteiger partial charge in [0.2, 0.25) is 6.20 Å². The van der Waals surface area contributed by atoms with Crippen molar-refractivity contribution in [1.82, 2.24) is 0 Å². The molecule has 0 heterocycles. The monoisotopic (exact) mass is 269 g/mol. The fourth-order valence-electron chi connectivity index (χ4n) is 1.59. The molecule has 0 amide bonds.